The highest BCUT2D eigenvalue weighted by Crippen LogP contribution is 2.33. The van der Waals surface area contributed by atoms with Gasteiger partial charge in [0.2, 0.25) is 0 Å². The van der Waals surface area contributed by atoms with E-state index in [1.807, 2.05) is 18.2 Å². The Hall–Kier alpha value is -1.72. The fourth-order valence-corrected chi connectivity index (χ4v) is 3.23. The number of hydrogen-bond acceptors (Lipinski definition) is 2. The van der Waals surface area contributed by atoms with Gasteiger partial charge in [0.1, 0.15) is 6.07 Å². The van der Waals surface area contributed by atoms with Crippen LogP contribution in [0.5, 0.6) is 0 Å². The van der Waals surface area contributed by atoms with Crippen molar-refractivity contribution >= 4 is 11.8 Å². The van der Waals surface area contributed by atoms with Crippen LogP contribution in [0.4, 0.5) is 0 Å². The van der Waals surface area contributed by atoms with Gasteiger partial charge in [-0.3, -0.25) is 0 Å². The van der Waals surface area contributed by atoms with Crippen molar-refractivity contribution in [3.8, 4) is 6.07 Å². The Labute approximate surface area is 119 Å². The van der Waals surface area contributed by atoms with Gasteiger partial charge < -0.3 is 0 Å². The second-order valence-corrected chi connectivity index (χ2v) is 5.75. The van der Waals surface area contributed by atoms with Crippen LogP contribution in [0.15, 0.2) is 53.4 Å². The molecule has 96 valence electrons. The standard InChI is InChI=1S/C17H17NS/c1-13(2)16-10-6-9-15(11-18)17(16)19-12-14-7-4-3-5-8-14/h3-10,13H,12H2,1-2H3. The molecular weight excluding hydrogens is 250 g/mol. The molecule has 0 saturated carbocycles. The van der Waals surface area contributed by atoms with E-state index in [-0.39, 0.29) is 0 Å². The van der Waals surface area contributed by atoms with E-state index in [0.29, 0.717) is 5.92 Å². The van der Waals surface area contributed by atoms with Gasteiger partial charge in [0.15, 0.2) is 0 Å². The second kappa shape index (κ2) is 6.45. The first-order chi connectivity index (χ1) is 9.22. The molecule has 0 saturated heterocycles. The van der Waals surface area contributed by atoms with E-state index in [2.05, 4.69) is 50.2 Å². The van der Waals surface area contributed by atoms with E-state index < -0.39 is 0 Å². The van der Waals surface area contributed by atoms with Crippen molar-refractivity contribution in [1.82, 2.24) is 0 Å². The molecule has 1 nitrogen and oxygen atoms in total. The van der Waals surface area contributed by atoms with E-state index in [0.717, 1.165) is 16.2 Å². The van der Waals surface area contributed by atoms with Crippen molar-refractivity contribution in [1.29, 1.82) is 5.26 Å². The van der Waals surface area contributed by atoms with Crippen LogP contribution in [0.1, 0.15) is 36.5 Å². The van der Waals surface area contributed by atoms with Gasteiger partial charge in [0.05, 0.1) is 5.56 Å². The molecule has 0 spiro atoms. The molecule has 0 fully saturated rings. The molecule has 2 aromatic rings. The average molecular weight is 267 g/mol. The smallest absolute Gasteiger partial charge is 0.100 e. The summed E-state index contributed by atoms with van der Waals surface area (Å²) < 4.78 is 0. The van der Waals surface area contributed by atoms with Gasteiger partial charge in [-0.25, -0.2) is 0 Å². The summed E-state index contributed by atoms with van der Waals surface area (Å²) in [5.41, 5.74) is 3.34. The number of nitriles is 1. The highest BCUT2D eigenvalue weighted by Gasteiger charge is 2.11. The van der Waals surface area contributed by atoms with Gasteiger partial charge >= 0.3 is 0 Å². The quantitative estimate of drug-likeness (QED) is 0.730. The Balaban J connectivity index is 2.26. The zero-order valence-electron chi connectivity index (χ0n) is 11.3. The minimum absolute atomic E-state index is 0.437. The van der Waals surface area contributed by atoms with Gasteiger partial charge in [-0.1, -0.05) is 56.3 Å². The third-order valence-electron chi connectivity index (χ3n) is 3.01. The van der Waals surface area contributed by atoms with Crippen LogP contribution in [0.25, 0.3) is 0 Å². The molecule has 0 atom stereocenters. The van der Waals surface area contributed by atoms with Crippen LogP contribution in [-0.2, 0) is 5.75 Å². The molecule has 0 aromatic heterocycles. The van der Waals surface area contributed by atoms with E-state index >= 15 is 0 Å². The van der Waals surface area contributed by atoms with Crippen LogP contribution >= 0.6 is 11.8 Å². The lowest BCUT2D eigenvalue weighted by Crippen LogP contribution is -1.94. The monoisotopic (exact) mass is 267 g/mol. The Morgan fingerprint density at radius 2 is 1.79 bits per heavy atom. The molecule has 19 heavy (non-hydrogen) atoms. The molecule has 0 aliphatic carbocycles. The summed E-state index contributed by atoms with van der Waals surface area (Å²) in [5, 5.41) is 9.26. The minimum Gasteiger partial charge on any atom is -0.192 e. The highest BCUT2D eigenvalue weighted by atomic mass is 32.2. The Morgan fingerprint density at radius 3 is 2.42 bits per heavy atom. The Bertz CT molecular complexity index is 582. The first-order valence-electron chi connectivity index (χ1n) is 6.42. The molecule has 0 amide bonds. The van der Waals surface area contributed by atoms with Gasteiger partial charge in [0, 0.05) is 10.6 Å². The highest BCUT2D eigenvalue weighted by molar-refractivity contribution is 7.98. The molecule has 0 unspecified atom stereocenters. The second-order valence-electron chi connectivity index (χ2n) is 4.76. The SMILES string of the molecule is CC(C)c1cccc(C#N)c1SCc1ccccc1. The fourth-order valence-electron chi connectivity index (χ4n) is 1.99. The first kappa shape index (κ1) is 13.7. The number of rotatable bonds is 4. The van der Waals surface area contributed by atoms with Crippen LogP contribution in [0, 0.1) is 11.3 Å². The average Bonchev–Trinajstić information content (AvgIpc) is 2.45. The summed E-state index contributed by atoms with van der Waals surface area (Å²) in [6.07, 6.45) is 0. The first-order valence-corrected chi connectivity index (χ1v) is 7.40. The van der Waals surface area contributed by atoms with Crippen LogP contribution in [-0.4, -0.2) is 0 Å². The third-order valence-corrected chi connectivity index (χ3v) is 4.24. The van der Waals surface area contributed by atoms with Crippen molar-refractivity contribution in [2.24, 2.45) is 0 Å². The summed E-state index contributed by atoms with van der Waals surface area (Å²) in [6.45, 7) is 4.34. The maximum absolute atomic E-state index is 9.26. The number of nitrogens with zero attached hydrogens (tertiary/aromatic N) is 1. The number of thioether (sulfide) groups is 1. The lowest BCUT2D eigenvalue weighted by atomic mass is 10.0. The van der Waals surface area contributed by atoms with Gasteiger partial charge in [0.25, 0.3) is 0 Å². The van der Waals surface area contributed by atoms with Crippen molar-refractivity contribution < 1.29 is 0 Å². The van der Waals surface area contributed by atoms with E-state index in [9.17, 15) is 5.26 Å². The van der Waals surface area contributed by atoms with Crippen LogP contribution in [0.3, 0.4) is 0 Å². The summed E-state index contributed by atoms with van der Waals surface area (Å²) >= 11 is 1.76. The molecule has 2 rings (SSSR count). The minimum atomic E-state index is 0.437. The molecule has 2 aromatic carbocycles. The van der Waals surface area contributed by atoms with E-state index in [4.69, 9.17) is 0 Å². The van der Waals surface area contributed by atoms with Crippen LogP contribution in [0.2, 0.25) is 0 Å². The fraction of sp³-hybridized carbons (Fsp3) is 0.235. The maximum atomic E-state index is 9.26. The summed E-state index contributed by atoms with van der Waals surface area (Å²) in [4.78, 5) is 1.13. The lowest BCUT2D eigenvalue weighted by Gasteiger charge is -2.13. The molecule has 0 radical (unpaired) electrons. The largest absolute Gasteiger partial charge is 0.192 e. The van der Waals surface area contributed by atoms with E-state index in [1.165, 1.54) is 11.1 Å². The van der Waals surface area contributed by atoms with Gasteiger partial charge in [-0.2, -0.15) is 5.26 Å². The van der Waals surface area contributed by atoms with Gasteiger partial charge in [-0.15, -0.1) is 11.8 Å². The van der Waals surface area contributed by atoms with Crippen molar-refractivity contribution in [3.63, 3.8) is 0 Å². The van der Waals surface area contributed by atoms with Crippen LogP contribution < -0.4 is 0 Å². The molecule has 2 heteroatoms. The van der Waals surface area contributed by atoms with Crippen molar-refractivity contribution in [2.45, 2.75) is 30.4 Å². The Morgan fingerprint density at radius 1 is 1.05 bits per heavy atom. The molecule has 0 heterocycles. The molecule has 0 aliphatic rings. The number of hydrogen-bond donors (Lipinski definition) is 0. The summed E-state index contributed by atoms with van der Waals surface area (Å²) in [7, 11) is 0. The van der Waals surface area contributed by atoms with Gasteiger partial charge in [-0.05, 0) is 23.1 Å². The molecule has 0 bridgehead atoms. The third kappa shape index (κ3) is 3.39. The Kier molecular flexibility index (Phi) is 4.65. The topological polar surface area (TPSA) is 23.8 Å². The zero-order chi connectivity index (χ0) is 13.7. The lowest BCUT2D eigenvalue weighted by molar-refractivity contribution is 0.840. The summed E-state index contributed by atoms with van der Waals surface area (Å²) in [6, 6.07) is 18.7. The predicted octanol–water partition coefficient (Wildman–Crippen LogP) is 4.97. The summed E-state index contributed by atoms with van der Waals surface area (Å²) in [5.74, 6) is 1.34. The number of benzene rings is 2. The normalized spacial score (nSPS) is 10.4. The molecule has 0 N–H and O–H groups in total. The molecule has 0 aliphatic heterocycles. The molecular formula is C17H17NS. The maximum Gasteiger partial charge on any atom is 0.100 e. The van der Waals surface area contributed by atoms with E-state index in [1.54, 1.807) is 11.8 Å². The zero-order valence-corrected chi connectivity index (χ0v) is 12.1. The van der Waals surface area contributed by atoms with Crippen molar-refractivity contribution in [2.75, 3.05) is 0 Å². The van der Waals surface area contributed by atoms with Crippen molar-refractivity contribution in [3.05, 3.63) is 65.2 Å². The predicted molar refractivity (Wildman–Crippen MR) is 81.2 cm³/mol.